The van der Waals surface area contributed by atoms with Crippen LogP contribution in [0.1, 0.15) is 56.6 Å². The maximum Gasteiger partial charge on any atom is 0.251 e. The first-order chi connectivity index (χ1) is 13.6. The second kappa shape index (κ2) is 9.87. The number of amides is 1. The Bertz CT molecular complexity index is 859. The Morgan fingerprint density at radius 3 is 2.96 bits per heavy atom. The fourth-order valence-electron chi connectivity index (χ4n) is 4.21. The third-order valence-corrected chi connectivity index (χ3v) is 5.86. The number of piperidine rings is 1. The molecule has 5 heteroatoms. The summed E-state index contributed by atoms with van der Waals surface area (Å²) in [6.45, 7) is 7.22. The molecule has 1 amide bonds. The number of H-pyrrole nitrogens is 1. The SMILES string of the molecule is CC[C@H]1CCCCN1CCCNC(=O)CCc1cc2ccc(C)cc2[nH]c1=O. The van der Waals surface area contributed by atoms with Crippen LogP contribution in [0, 0.1) is 6.92 Å². The third kappa shape index (κ3) is 5.44. The minimum atomic E-state index is -0.0957. The summed E-state index contributed by atoms with van der Waals surface area (Å²) in [6.07, 6.45) is 6.96. The quantitative estimate of drug-likeness (QED) is 0.685. The molecule has 5 nitrogen and oxygen atoms in total. The lowest BCUT2D eigenvalue weighted by molar-refractivity contribution is -0.121. The van der Waals surface area contributed by atoms with Gasteiger partial charge in [0.1, 0.15) is 0 Å². The normalized spacial score (nSPS) is 17.7. The molecule has 2 N–H and O–H groups in total. The number of nitrogens with one attached hydrogen (secondary N) is 2. The average Bonchev–Trinajstić information content (AvgIpc) is 2.70. The number of benzene rings is 1. The van der Waals surface area contributed by atoms with Gasteiger partial charge < -0.3 is 15.2 Å². The highest BCUT2D eigenvalue weighted by molar-refractivity contribution is 5.80. The Balaban J connectivity index is 1.43. The molecular weight excluding hydrogens is 350 g/mol. The van der Waals surface area contributed by atoms with Crippen LogP contribution in [0.15, 0.2) is 29.1 Å². The van der Waals surface area contributed by atoms with Crippen molar-refractivity contribution in [3.63, 3.8) is 0 Å². The van der Waals surface area contributed by atoms with Crippen molar-refractivity contribution >= 4 is 16.8 Å². The molecule has 1 aromatic carbocycles. The van der Waals surface area contributed by atoms with Crippen molar-refractivity contribution in [3.05, 3.63) is 45.7 Å². The zero-order chi connectivity index (χ0) is 19.9. The number of aryl methyl sites for hydroxylation is 2. The summed E-state index contributed by atoms with van der Waals surface area (Å²) in [5, 5.41) is 4.02. The second-order valence-electron chi connectivity index (χ2n) is 8.01. The summed E-state index contributed by atoms with van der Waals surface area (Å²) in [5.74, 6) is 0.0223. The molecule has 0 unspecified atom stereocenters. The lowest BCUT2D eigenvalue weighted by Gasteiger charge is -2.35. The molecule has 1 aliphatic heterocycles. The number of hydrogen-bond donors (Lipinski definition) is 2. The number of pyridine rings is 1. The van der Waals surface area contributed by atoms with Gasteiger partial charge in [0, 0.05) is 36.6 Å². The summed E-state index contributed by atoms with van der Waals surface area (Å²) in [4.78, 5) is 29.9. The minimum Gasteiger partial charge on any atom is -0.356 e. The molecule has 0 radical (unpaired) electrons. The average molecular weight is 384 g/mol. The molecule has 0 bridgehead atoms. The standard InChI is InChI=1S/C23H33N3O2/c1-3-20-7-4-5-13-26(20)14-6-12-24-22(27)11-10-19-16-18-9-8-17(2)15-21(18)25-23(19)28/h8-9,15-16,20H,3-7,10-14H2,1-2H3,(H,24,27)(H,25,28)/t20-/m0/s1. The van der Waals surface area contributed by atoms with E-state index in [4.69, 9.17) is 0 Å². The van der Waals surface area contributed by atoms with Gasteiger partial charge in [-0.05, 0) is 68.7 Å². The highest BCUT2D eigenvalue weighted by atomic mass is 16.1. The van der Waals surface area contributed by atoms with Crippen molar-refractivity contribution in [2.24, 2.45) is 0 Å². The molecule has 0 saturated carbocycles. The maximum absolute atomic E-state index is 12.3. The molecule has 3 rings (SSSR count). The van der Waals surface area contributed by atoms with Gasteiger partial charge in [0.2, 0.25) is 5.91 Å². The monoisotopic (exact) mass is 383 g/mol. The van der Waals surface area contributed by atoms with Gasteiger partial charge in [0.15, 0.2) is 0 Å². The second-order valence-corrected chi connectivity index (χ2v) is 8.01. The first-order valence-corrected chi connectivity index (χ1v) is 10.7. The summed E-state index contributed by atoms with van der Waals surface area (Å²) in [7, 11) is 0. The lowest BCUT2D eigenvalue weighted by atomic mass is 10.00. The molecule has 2 heterocycles. The van der Waals surface area contributed by atoms with E-state index in [1.807, 2.05) is 31.2 Å². The van der Waals surface area contributed by atoms with E-state index in [0.717, 1.165) is 29.4 Å². The number of hydrogen-bond acceptors (Lipinski definition) is 3. The molecule has 2 aromatic rings. The van der Waals surface area contributed by atoms with Crippen LogP contribution in [-0.2, 0) is 11.2 Å². The van der Waals surface area contributed by atoms with Gasteiger partial charge in [-0.3, -0.25) is 9.59 Å². The van der Waals surface area contributed by atoms with Crippen molar-refractivity contribution in [2.75, 3.05) is 19.6 Å². The molecule has 1 aliphatic rings. The Morgan fingerprint density at radius 1 is 1.29 bits per heavy atom. The highest BCUT2D eigenvalue weighted by Gasteiger charge is 2.19. The smallest absolute Gasteiger partial charge is 0.251 e. The van der Waals surface area contributed by atoms with E-state index in [-0.39, 0.29) is 11.5 Å². The first-order valence-electron chi connectivity index (χ1n) is 10.7. The molecule has 1 atom stereocenters. The minimum absolute atomic E-state index is 0.0223. The van der Waals surface area contributed by atoms with E-state index in [1.165, 1.54) is 32.2 Å². The predicted octanol–water partition coefficient (Wildman–Crippen LogP) is 3.54. The number of carbonyl (C=O) groups is 1. The Morgan fingerprint density at radius 2 is 2.14 bits per heavy atom. The fraction of sp³-hybridized carbons (Fsp3) is 0.565. The number of nitrogens with zero attached hydrogens (tertiary/aromatic N) is 1. The van der Waals surface area contributed by atoms with Gasteiger partial charge in [-0.15, -0.1) is 0 Å². The third-order valence-electron chi connectivity index (χ3n) is 5.86. The summed E-state index contributed by atoms with van der Waals surface area (Å²) >= 11 is 0. The first kappa shape index (κ1) is 20.6. The van der Waals surface area contributed by atoms with Crippen LogP contribution in [0.4, 0.5) is 0 Å². The molecule has 0 aliphatic carbocycles. The summed E-state index contributed by atoms with van der Waals surface area (Å²) in [6, 6.07) is 8.63. The number of likely N-dealkylation sites (tertiary alicyclic amines) is 1. The van der Waals surface area contributed by atoms with Crippen LogP contribution < -0.4 is 10.9 Å². The molecule has 1 saturated heterocycles. The van der Waals surface area contributed by atoms with Crippen LogP contribution >= 0.6 is 0 Å². The Labute approximate surface area is 167 Å². The van der Waals surface area contributed by atoms with Crippen molar-refractivity contribution < 1.29 is 4.79 Å². The van der Waals surface area contributed by atoms with E-state index in [9.17, 15) is 9.59 Å². The zero-order valence-electron chi connectivity index (χ0n) is 17.2. The summed E-state index contributed by atoms with van der Waals surface area (Å²) < 4.78 is 0. The van der Waals surface area contributed by atoms with Crippen LogP contribution in [0.2, 0.25) is 0 Å². The number of aromatic nitrogens is 1. The maximum atomic E-state index is 12.3. The fourth-order valence-corrected chi connectivity index (χ4v) is 4.21. The van der Waals surface area contributed by atoms with Crippen molar-refractivity contribution in [2.45, 2.75) is 64.8 Å². The van der Waals surface area contributed by atoms with Gasteiger partial charge in [-0.25, -0.2) is 0 Å². The zero-order valence-corrected chi connectivity index (χ0v) is 17.2. The van der Waals surface area contributed by atoms with Crippen LogP contribution in [-0.4, -0.2) is 41.5 Å². The Hall–Kier alpha value is -2.14. The van der Waals surface area contributed by atoms with Crippen LogP contribution in [0.5, 0.6) is 0 Å². The molecule has 152 valence electrons. The molecule has 0 spiro atoms. The van der Waals surface area contributed by atoms with E-state index in [1.54, 1.807) is 0 Å². The van der Waals surface area contributed by atoms with Gasteiger partial charge in [-0.1, -0.05) is 25.5 Å². The van der Waals surface area contributed by atoms with Crippen molar-refractivity contribution in [1.29, 1.82) is 0 Å². The van der Waals surface area contributed by atoms with Crippen LogP contribution in [0.3, 0.4) is 0 Å². The van der Waals surface area contributed by atoms with E-state index in [2.05, 4.69) is 22.1 Å². The molecular formula is C23H33N3O2. The van der Waals surface area contributed by atoms with Gasteiger partial charge in [-0.2, -0.15) is 0 Å². The molecule has 1 aromatic heterocycles. The van der Waals surface area contributed by atoms with E-state index in [0.29, 0.717) is 31.0 Å². The summed E-state index contributed by atoms with van der Waals surface area (Å²) in [5.41, 5.74) is 2.54. The Kier molecular flexibility index (Phi) is 7.26. The van der Waals surface area contributed by atoms with Crippen molar-refractivity contribution in [3.8, 4) is 0 Å². The molecule has 28 heavy (non-hydrogen) atoms. The lowest BCUT2D eigenvalue weighted by Crippen LogP contribution is -2.40. The number of fused-ring (bicyclic) bond motifs is 1. The van der Waals surface area contributed by atoms with Gasteiger partial charge in [0.25, 0.3) is 5.56 Å². The van der Waals surface area contributed by atoms with E-state index < -0.39 is 0 Å². The number of rotatable bonds is 8. The van der Waals surface area contributed by atoms with Gasteiger partial charge in [0.05, 0.1) is 0 Å². The largest absolute Gasteiger partial charge is 0.356 e. The van der Waals surface area contributed by atoms with Crippen molar-refractivity contribution in [1.82, 2.24) is 15.2 Å². The molecule has 1 fully saturated rings. The van der Waals surface area contributed by atoms with Crippen LogP contribution in [0.25, 0.3) is 10.9 Å². The van der Waals surface area contributed by atoms with E-state index >= 15 is 0 Å². The number of aromatic amines is 1. The number of carbonyl (C=O) groups excluding carboxylic acids is 1. The highest BCUT2D eigenvalue weighted by Crippen LogP contribution is 2.19. The van der Waals surface area contributed by atoms with Gasteiger partial charge >= 0.3 is 0 Å². The topological polar surface area (TPSA) is 65.2 Å². The predicted molar refractivity (Wildman–Crippen MR) is 115 cm³/mol.